The van der Waals surface area contributed by atoms with Crippen molar-refractivity contribution in [1.29, 1.82) is 0 Å². The van der Waals surface area contributed by atoms with E-state index in [1.807, 2.05) is 11.8 Å². The molecule has 0 spiro atoms. The fourth-order valence-electron chi connectivity index (χ4n) is 2.40. The monoisotopic (exact) mass is 249 g/mol. The summed E-state index contributed by atoms with van der Waals surface area (Å²) in [6.45, 7) is 4.56. The fraction of sp³-hybridized carbons (Fsp3) is 0.538. The molecule has 1 fully saturated rings. The molecule has 1 aliphatic heterocycles. The molecule has 0 aliphatic carbocycles. The van der Waals surface area contributed by atoms with Gasteiger partial charge in [0.05, 0.1) is 11.8 Å². The van der Waals surface area contributed by atoms with Crippen molar-refractivity contribution in [3.63, 3.8) is 0 Å². The topological polar surface area (TPSA) is 65.5 Å². The van der Waals surface area contributed by atoms with Gasteiger partial charge < -0.3 is 15.3 Å². The van der Waals surface area contributed by atoms with Crippen molar-refractivity contribution < 1.29 is 9.90 Å². The predicted molar refractivity (Wildman–Crippen MR) is 68.5 cm³/mol. The molecule has 1 amide bonds. The van der Waals surface area contributed by atoms with Gasteiger partial charge in [0.15, 0.2) is 0 Å². The molecule has 0 bridgehead atoms. The second-order valence-corrected chi connectivity index (χ2v) is 4.50. The van der Waals surface area contributed by atoms with Crippen LogP contribution in [0.4, 0.5) is 0 Å². The molecule has 0 atom stereocenters. The maximum atomic E-state index is 12.4. The first-order valence-corrected chi connectivity index (χ1v) is 6.38. The summed E-state index contributed by atoms with van der Waals surface area (Å²) in [6, 6.07) is 1.75. The highest BCUT2D eigenvalue weighted by Crippen LogP contribution is 2.17. The van der Waals surface area contributed by atoms with Crippen LogP contribution >= 0.6 is 0 Å². The minimum atomic E-state index is -0.0483. The minimum Gasteiger partial charge on any atom is -0.506 e. The van der Waals surface area contributed by atoms with Crippen molar-refractivity contribution in [3.8, 4) is 5.75 Å². The van der Waals surface area contributed by atoms with Crippen LogP contribution in [-0.4, -0.2) is 46.6 Å². The number of piperidine rings is 1. The molecule has 0 unspecified atom stereocenters. The molecule has 5 heteroatoms. The lowest BCUT2D eigenvalue weighted by Crippen LogP contribution is -2.46. The van der Waals surface area contributed by atoms with Crippen LogP contribution in [0.15, 0.2) is 18.5 Å². The van der Waals surface area contributed by atoms with Gasteiger partial charge in [-0.1, -0.05) is 0 Å². The van der Waals surface area contributed by atoms with E-state index < -0.39 is 0 Å². The third-order valence-corrected chi connectivity index (χ3v) is 3.32. The van der Waals surface area contributed by atoms with Gasteiger partial charge in [0.2, 0.25) is 0 Å². The maximum Gasteiger partial charge on any atom is 0.255 e. The normalized spacial score (nSPS) is 16.5. The summed E-state index contributed by atoms with van der Waals surface area (Å²) in [4.78, 5) is 18.1. The molecule has 1 saturated heterocycles. The number of aromatic hydroxyl groups is 1. The van der Waals surface area contributed by atoms with Gasteiger partial charge >= 0.3 is 0 Å². The van der Waals surface area contributed by atoms with Crippen molar-refractivity contribution >= 4 is 5.91 Å². The van der Waals surface area contributed by atoms with Gasteiger partial charge in [0.25, 0.3) is 5.91 Å². The molecular weight excluding hydrogens is 230 g/mol. The molecular formula is C13H19N3O2. The molecule has 1 aromatic heterocycles. The second kappa shape index (κ2) is 5.82. The van der Waals surface area contributed by atoms with Crippen LogP contribution in [-0.2, 0) is 0 Å². The lowest BCUT2D eigenvalue weighted by molar-refractivity contribution is 0.0655. The third kappa shape index (κ3) is 2.79. The number of nitrogens with one attached hydrogen (secondary N) is 1. The van der Waals surface area contributed by atoms with Crippen LogP contribution in [0.2, 0.25) is 0 Å². The van der Waals surface area contributed by atoms with Gasteiger partial charge in [-0.2, -0.15) is 0 Å². The Morgan fingerprint density at radius 3 is 2.83 bits per heavy atom. The Kier molecular flexibility index (Phi) is 4.15. The van der Waals surface area contributed by atoms with Crippen molar-refractivity contribution in [2.24, 2.45) is 0 Å². The summed E-state index contributed by atoms with van der Waals surface area (Å²) >= 11 is 0. The van der Waals surface area contributed by atoms with Crippen molar-refractivity contribution in [3.05, 3.63) is 24.0 Å². The van der Waals surface area contributed by atoms with E-state index in [0.29, 0.717) is 12.1 Å². The zero-order valence-corrected chi connectivity index (χ0v) is 10.6. The highest BCUT2D eigenvalue weighted by molar-refractivity contribution is 5.94. The fourth-order valence-corrected chi connectivity index (χ4v) is 2.40. The molecule has 0 saturated carbocycles. The molecule has 5 nitrogen and oxygen atoms in total. The lowest BCUT2D eigenvalue weighted by Gasteiger charge is -2.33. The summed E-state index contributed by atoms with van der Waals surface area (Å²) in [5.74, 6) is -0.0185. The van der Waals surface area contributed by atoms with Crippen LogP contribution in [0.25, 0.3) is 0 Å². The highest BCUT2D eigenvalue weighted by atomic mass is 16.3. The van der Waals surface area contributed by atoms with Crippen molar-refractivity contribution in [2.75, 3.05) is 19.6 Å². The van der Waals surface area contributed by atoms with E-state index in [0.717, 1.165) is 25.9 Å². The summed E-state index contributed by atoms with van der Waals surface area (Å²) in [5.41, 5.74) is 0.454. The van der Waals surface area contributed by atoms with Crippen LogP contribution < -0.4 is 5.32 Å². The van der Waals surface area contributed by atoms with E-state index in [4.69, 9.17) is 0 Å². The van der Waals surface area contributed by atoms with E-state index >= 15 is 0 Å². The van der Waals surface area contributed by atoms with Crippen LogP contribution in [0, 0.1) is 0 Å². The quantitative estimate of drug-likeness (QED) is 0.839. The molecule has 18 heavy (non-hydrogen) atoms. The first kappa shape index (κ1) is 12.8. The maximum absolute atomic E-state index is 12.4. The Labute approximate surface area is 107 Å². The first-order chi connectivity index (χ1) is 8.72. The zero-order valence-electron chi connectivity index (χ0n) is 10.6. The number of hydrogen-bond donors (Lipinski definition) is 2. The summed E-state index contributed by atoms with van der Waals surface area (Å²) in [5, 5.41) is 12.7. The predicted octanol–water partition coefficient (Wildman–Crippen LogP) is 1.00. The number of aromatic nitrogens is 1. The summed E-state index contributed by atoms with van der Waals surface area (Å²) < 4.78 is 0. The van der Waals surface area contributed by atoms with Crippen molar-refractivity contribution in [1.82, 2.24) is 15.2 Å². The molecule has 1 aliphatic rings. The molecule has 1 aromatic rings. The Balaban J connectivity index is 2.14. The number of hydrogen-bond acceptors (Lipinski definition) is 4. The Morgan fingerprint density at radius 1 is 1.50 bits per heavy atom. The van der Waals surface area contributed by atoms with Gasteiger partial charge in [-0.25, -0.2) is 0 Å². The number of pyridine rings is 1. The number of rotatable bonds is 3. The second-order valence-electron chi connectivity index (χ2n) is 4.50. The molecule has 2 heterocycles. The number of amides is 1. The lowest BCUT2D eigenvalue weighted by atomic mass is 10.0. The molecule has 0 radical (unpaired) electrons. The Hall–Kier alpha value is -1.62. The van der Waals surface area contributed by atoms with Gasteiger partial charge in [-0.3, -0.25) is 9.78 Å². The number of nitrogens with zero attached hydrogens (tertiary/aromatic N) is 2. The third-order valence-electron chi connectivity index (χ3n) is 3.32. The van der Waals surface area contributed by atoms with Crippen LogP contribution in [0.1, 0.15) is 30.1 Å². The van der Waals surface area contributed by atoms with Crippen molar-refractivity contribution in [2.45, 2.75) is 25.8 Å². The SMILES string of the molecule is CCN(C(=O)c1cncc(O)c1)C1CCNCC1. The van der Waals surface area contributed by atoms with E-state index in [2.05, 4.69) is 10.3 Å². The summed E-state index contributed by atoms with van der Waals surface area (Å²) in [6.07, 6.45) is 4.79. The largest absolute Gasteiger partial charge is 0.506 e. The average Bonchev–Trinajstić information content (AvgIpc) is 2.41. The highest BCUT2D eigenvalue weighted by Gasteiger charge is 2.25. The molecule has 2 rings (SSSR count). The number of carbonyl (C=O) groups is 1. The first-order valence-electron chi connectivity index (χ1n) is 6.38. The number of carbonyl (C=O) groups excluding carboxylic acids is 1. The van der Waals surface area contributed by atoms with E-state index in [-0.39, 0.29) is 17.7 Å². The van der Waals surface area contributed by atoms with E-state index in [9.17, 15) is 9.90 Å². The Morgan fingerprint density at radius 2 is 2.22 bits per heavy atom. The molecule has 2 N–H and O–H groups in total. The van der Waals surface area contributed by atoms with Gasteiger partial charge in [0.1, 0.15) is 5.75 Å². The van der Waals surface area contributed by atoms with E-state index in [1.165, 1.54) is 18.5 Å². The minimum absolute atomic E-state index is 0.0298. The van der Waals surface area contributed by atoms with Gasteiger partial charge in [0, 0.05) is 18.8 Å². The standard InChI is InChI=1S/C13H19N3O2/c1-2-16(11-3-5-14-6-4-11)13(18)10-7-12(17)9-15-8-10/h7-9,11,14,17H,2-6H2,1H3. The molecule has 0 aromatic carbocycles. The van der Waals surface area contributed by atoms with Gasteiger partial charge in [-0.05, 0) is 38.9 Å². The smallest absolute Gasteiger partial charge is 0.255 e. The summed E-state index contributed by atoms with van der Waals surface area (Å²) in [7, 11) is 0. The van der Waals surface area contributed by atoms with E-state index in [1.54, 1.807) is 0 Å². The zero-order chi connectivity index (χ0) is 13.0. The Bertz CT molecular complexity index is 416. The average molecular weight is 249 g/mol. The van der Waals surface area contributed by atoms with Crippen LogP contribution in [0.3, 0.4) is 0 Å². The van der Waals surface area contributed by atoms with Gasteiger partial charge in [-0.15, -0.1) is 0 Å². The van der Waals surface area contributed by atoms with Crippen LogP contribution in [0.5, 0.6) is 5.75 Å². The molecule has 98 valence electrons.